The summed E-state index contributed by atoms with van der Waals surface area (Å²) in [5.74, 6) is 0.887. The quantitative estimate of drug-likeness (QED) is 0.534. The Kier molecular flexibility index (Phi) is 6.39. The maximum absolute atomic E-state index is 5.34. The van der Waals surface area contributed by atoms with E-state index in [-0.39, 0.29) is 6.04 Å². The van der Waals surface area contributed by atoms with Crippen LogP contribution in [0.5, 0.6) is 0 Å². The molecule has 0 fully saturated rings. The summed E-state index contributed by atoms with van der Waals surface area (Å²) in [5.41, 5.74) is 3.49. The second kappa shape index (κ2) is 8.51. The van der Waals surface area contributed by atoms with Gasteiger partial charge in [0.05, 0.1) is 7.11 Å². The summed E-state index contributed by atoms with van der Waals surface area (Å²) in [7, 11) is 1.69. The van der Waals surface area contributed by atoms with Gasteiger partial charge in [0.15, 0.2) is 0 Å². The Morgan fingerprint density at radius 3 is 2.54 bits per heavy atom. The zero-order chi connectivity index (χ0) is 17.5. The number of methoxy groups -OCH3 is 1. The van der Waals surface area contributed by atoms with Crippen molar-refractivity contribution < 1.29 is 4.74 Å². The highest BCUT2D eigenvalue weighted by Crippen LogP contribution is 2.24. The molecule has 0 amide bonds. The van der Waals surface area contributed by atoms with Gasteiger partial charge in [-0.15, -0.1) is 0 Å². The van der Waals surface area contributed by atoms with Crippen molar-refractivity contribution in [3.8, 4) is 0 Å². The number of hydrogen-bond acceptors (Lipinski definition) is 2. The van der Waals surface area contributed by atoms with Gasteiger partial charge in [0.2, 0.25) is 0 Å². The summed E-state index contributed by atoms with van der Waals surface area (Å²) in [6.07, 6.45) is 3.98. The van der Waals surface area contributed by atoms with Crippen LogP contribution in [0.15, 0.2) is 78.1 Å². The van der Waals surface area contributed by atoms with Gasteiger partial charge < -0.3 is 10.1 Å². The molecule has 1 atom stereocenters. The Balaban J connectivity index is 2.02. The van der Waals surface area contributed by atoms with E-state index >= 15 is 0 Å². The van der Waals surface area contributed by atoms with Crippen molar-refractivity contribution >= 4 is 10.8 Å². The summed E-state index contributed by atoms with van der Waals surface area (Å²) in [5, 5.41) is 6.13. The van der Waals surface area contributed by atoms with Crippen molar-refractivity contribution in [1.29, 1.82) is 0 Å². The molecule has 0 aliphatic heterocycles. The minimum absolute atomic E-state index is 0.256. The maximum atomic E-state index is 5.34. The molecule has 2 rings (SSSR count). The van der Waals surface area contributed by atoms with Gasteiger partial charge in [0.25, 0.3) is 0 Å². The Morgan fingerprint density at radius 2 is 1.83 bits per heavy atom. The minimum Gasteiger partial charge on any atom is -0.497 e. The van der Waals surface area contributed by atoms with E-state index in [0.717, 1.165) is 23.5 Å². The number of nitrogens with one attached hydrogen (secondary N) is 1. The molecule has 0 aliphatic rings. The molecule has 0 spiro atoms. The van der Waals surface area contributed by atoms with Crippen LogP contribution in [0.25, 0.3) is 10.8 Å². The molecule has 1 unspecified atom stereocenters. The van der Waals surface area contributed by atoms with Crippen LogP contribution in [0.3, 0.4) is 0 Å². The van der Waals surface area contributed by atoms with Crippen LogP contribution >= 0.6 is 0 Å². The molecule has 2 nitrogen and oxygen atoms in total. The van der Waals surface area contributed by atoms with Crippen LogP contribution in [0, 0.1) is 0 Å². The molecule has 0 bridgehead atoms. The standard InChI is InChI=1S/C22H27NO/c1-16(2)22(24-5)14-13-17(3)15-23-18(4)20-12-8-10-19-9-6-7-11-21(19)20/h6-14,18,23H,3,15H2,1-2,4-5H3/b14-13-. The Hall–Kier alpha value is -2.32. The third-order valence-electron chi connectivity index (χ3n) is 4.11. The van der Waals surface area contributed by atoms with Gasteiger partial charge >= 0.3 is 0 Å². The van der Waals surface area contributed by atoms with E-state index in [1.807, 2.05) is 26.0 Å². The van der Waals surface area contributed by atoms with E-state index < -0.39 is 0 Å². The highest BCUT2D eigenvalue weighted by Gasteiger charge is 2.08. The highest BCUT2D eigenvalue weighted by molar-refractivity contribution is 5.86. The second-order valence-corrected chi connectivity index (χ2v) is 6.23. The van der Waals surface area contributed by atoms with Crippen LogP contribution in [0.4, 0.5) is 0 Å². The van der Waals surface area contributed by atoms with Gasteiger partial charge in [0, 0.05) is 12.6 Å². The van der Waals surface area contributed by atoms with Crippen molar-refractivity contribution in [2.24, 2.45) is 0 Å². The molecule has 1 N–H and O–H groups in total. The topological polar surface area (TPSA) is 21.3 Å². The van der Waals surface area contributed by atoms with Crippen molar-refractivity contribution in [2.75, 3.05) is 13.7 Å². The normalized spacial score (nSPS) is 12.3. The molecular formula is C22H27NO. The number of benzene rings is 2. The molecule has 0 heterocycles. The molecule has 0 saturated heterocycles. The fraction of sp³-hybridized carbons (Fsp3) is 0.273. The first-order valence-corrected chi connectivity index (χ1v) is 8.31. The van der Waals surface area contributed by atoms with Gasteiger partial charge in [-0.1, -0.05) is 55.1 Å². The van der Waals surface area contributed by atoms with Gasteiger partial charge in [-0.05, 0) is 54.3 Å². The van der Waals surface area contributed by atoms with Crippen molar-refractivity contribution in [2.45, 2.75) is 26.8 Å². The minimum atomic E-state index is 0.256. The van der Waals surface area contributed by atoms with Crippen LogP contribution in [0.2, 0.25) is 0 Å². The van der Waals surface area contributed by atoms with Gasteiger partial charge in [0.1, 0.15) is 5.76 Å². The van der Waals surface area contributed by atoms with Crippen molar-refractivity contribution in [3.63, 3.8) is 0 Å². The van der Waals surface area contributed by atoms with Crippen LogP contribution in [-0.4, -0.2) is 13.7 Å². The Bertz CT molecular complexity index is 761. The number of rotatable bonds is 7. The summed E-state index contributed by atoms with van der Waals surface area (Å²) in [6, 6.07) is 15.2. The number of allylic oxidation sites excluding steroid dienone is 2. The number of ether oxygens (including phenoxy) is 1. The molecule has 0 aliphatic carbocycles. The third-order valence-corrected chi connectivity index (χ3v) is 4.11. The molecular weight excluding hydrogens is 294 g/mol. The maximum Gasteiger partial charge on any atom is 0.117 e. The fourth-order valence-electron chi connectivity index (χ4n) is 2.71. The lowest BCUT2D eigenvalue weighted by Crippen LogP contribution is -2.20. The summed E-state index contributed by atoms with van der Waals surface area (Å²) >= 11 is 0. The average Bonchev–Trinajstić information content (AvgIpc) is 2.59. The summed E-state index contributed by atoms with van der Waals surface area (Å²) in [4.78, 5) is 0. The smallest absolute Gasteiger partial charge is 0.117 e. The molecule has 126 valence electrons. The predicted octanol–water partition coefficient (Wildman–Crippen LogP) is 5.54. The monoisotopic (exact) mass is 321 g/mol. The first kappa shape index (κ1) is 18.0. The van der Waals surface area contributed by atoms with Gasteiger partial charge in [-0.3, -0.25) is 0 Å². The van der Waals surface area contributed by atoms with E-state index in [9.17, 15) is 0 Å². The molecule has 0 saturated carbocycles. The van der Waals surface area contributed by atoms with Crippen molar-refractivity contribution in [3.05, 3.63) is 83.7 Å². The fourth-order valence-corrected chi connectivity index (χ4v) is 2.71. The Labute approximate surface area is 145 Å². The molecule has 2 aromatic carbocycles. The lowest BCUT2D eigenvalue weighted by Gasteiger charge is -2.17. The van der Waals surface area contributed by atoms with E-state index in [1.165, 1.54) is 16.3 Å². The van der Waals surface area contributed by atoms with Crippen LogP contribution < -0.4 is 5.32 Å². The van der Waals surface area contributed by atoms with Gasteiger partial charge in [-0.2, -0.15) is 0 Å². The highest BCUT2D eigenvalue weighted by atomic mass is 16.5. The second-order valence-electron chi connectivity index (χ2n) is 6.23. The van der Waals surface area contributed by atoms with Crippen LogP contribution in [0.1, 0.15) is 32.4 Å². The van der Waals surface area contributed by atoms with E-state index in [0.29, 0.717) is 0 Å². The summed E-state index contributed by atoms with van der Waals surface area (Å²) < 4.78 is 5.34. The van der Waals surface area contributed by atoms with E-state index in [1.54, 1.807) is 7.11 Å². The lowest BCUT2D eigenvalue weighted by molar-refractivity contribution is 0.302. The number of hydrogen-bond donors (Lipinski definition) is 1. The first-order valence-electron chi connectivity index (χ1n) is 8.31. The molecule has 0 aromatic heterocycles. The molecule has 24 heavy (non-hydrogen) atoms. The summed E-state index contributed by atoms with van der Waals surface area (Å²) in [6.45, 7) is 11.1. The van der Waals surface area contributed by atoms with E-state index in [2.05, 4.69) is 61.3 Å². The van der Waals surface area contributed by atoms with E-state index in [4.69, 9.17) is 4.74 Å². The lowest BCUT2D eigenvalue weighted by atomic mass is 9.99. The molecule has 0 radical (unpaired) electrons. The van der Waals surface area contributed by atoms with Crippen molar-refractivity contribution in [1.82, 2.24) is 5.32 Å². The predicted molar refractivity (Wildman–Crippen MR) is 104 cm³/mol. The zero-order valence-electron chi connectivity index (χ0n) is 15.1. The zero-order valence-corrected chi connectivity index (χ0v) is 15.1. The first-order chi connectivity index (χ1) is 11.5. The van der Waals surface area contributed by atoms with Gasteiger partial charge in [-0.25, -0.2) is 0 Å². The molecule has 2 aromatic rings. The Morgan fingerprint density at radius 1 is 1.12 bits per heavy atom. The average molecular weight is 321 g/mol. The largest absolute Gasteiger partial charge is 0.497 e. The SMILES string of the molecule is C=C(/C=C\C(OC)=C(C)C)CNC(C)c1cccc2ccccc12. The third kappa shape index (κ3) is 4.59. The van der Waals surface area contributed by atoms with Crippen LogP contribution in [-0.2, 0) is 4.74 Å². The molecule has 2 heteroatoms. The number of fused-ring (bicyclic) bond motifs is 1.